The summed E-state index contributed by atoms with van der Waals surface area (Å²) in [7, 11) is 0. The van der Waals surface area contributed by atoms with Gasteiger partial charge in [0.05, 0.1) is 17.7 Å². The van der Waals surface area contributed by atoms with Crippen molar-refractivity contribution in [2.75, 3.05) is 18.4 Å². The third kappa shape index (κ3) is 4.19. The fraction of sp³-hybridized carbons (Fsp3) is 0.522. The van der Waals surface area contributed by atoms with E-state index in [-0.39, 0.29) is 31.0 Å². The predicted octanol–water partition coefficient (Wildman–Crippen LogP) is 2.70. The Morgan fingerprint density at radius 2 is 2.06 bits per heavy atom. The van der Waals surface area contributed by atoms with Gasteiger partial charge in [0.1, 0.15) is 5.82 Å². The number of hydrogen-bond acceptors (Lipinski definition) is 5. The minimum atomic E-state index is -2.90. The van der Waals surface area contributed by atoms with Crippen LogP contribution in [0.3, 0.4) is 0 Å². The van der Waals surface area contributed by atoms with Gasteiger partial charge in [0.25, 0.3) is 5.92 Å². The lowest BCUT2D eigenvalue weighted by Gasteiger charge is -2.40. The Labute approximate surface area is 184 Å². The number of rotatable bonds is 5. The molecule has 2 N–H and O–H groups in total. The molecule has 2 aromatic heterocycles. The van der Waals surface area contributed by atoms with Gasteiger partial charge in [0.15, 0.2) is 0 Å². The summed E-state index contributed by atoms with van der Waals surface area (Å²) in [5.41, 5.74) is 2.23. The number of alkyl halides is 2. The topological polar surface area (TPSA) is 81.3 Å². The first-order valence-corrected chi connectivity index (χ1v) is 11.1. The van der Waals surface area contributed by atoms with Gasteiger partial charge in [0.2, 0.25) is 11.5 Å². The van der Waals surface area contributed by atoms with E-state index in [9.17, 15) is 18.4 Å². The number of fused-ring (bicyclic) bond motifs is 1. The first-order chi connectivity index (χ1) is 15.3. The van der Waals surface area contributed by atoms with Gasteiger partial charge >= 0.3 is 0 Å². The fourth-order valence-electron chi connectivity index (χ4n) is 4.71. The molecule has 2 aromatic rings. The summed E-state index contributed by atoms with van der Waals surface area (Å²) in [5, 5.41) is 2.87. The van der Waals surface area contributed by atoms with Crippen LogP contribution in [-0.4, -0.2) is 56.8 Å². The monoisotopic (exact) mass is 443 g/mol. The maximum atomic E-state index is 14.6. The van der Waals surface area contributed by atoms with Crippen LogP contribution in [0.5, 0.6) is 0 Å². The highest BCUT2D eigenvalue weighted by Crippen LogP contribution is 2.40. The number of anilines is 1. The molecule has 4 heterocycles. The number of aromatic amines is 1. The molecule has 2 atom stereocenters. The maximum absolute atomic E-state index is 14.6. The number of halogens is 2. The predicted molar refractivity (Wildman–Crippen MR) is 116 cm³/mol. The van der Waals surface area contributed by atoms with Crippen LogP contribution in [0.15, 0.2) is 35.3 Å². The van der Waals surface area contributed by atoms with Crippen LogP contribution in [0.4, 0.5) is 14.6 Å². The highest BCUT2D eigenvalue weighted by atomic mass is 19.3. The Hall–Kier alpha value is -2.65. The van der Waals surface area contributed by atoms with Crippen molar-refractivity contribution < 1.29 is 13.6 Å². The first kappa shape index (κ1) is 21.2. The van der Waals surface area contributed by atoms with E-state index in [1.807, 2.05) is 12.1 Å². The number of likely N-dealkylation sites (tertiary alicyclic amines) is 1. The van der Waals surface area contributed by atoms with E-state index in [0.717, 1.165) is 18.8 Å². The molecule has 3 aliphatic rings. The summed E-state index contributed by atoms with van der Waals surface area (Å²) in [5.74, 6) is -3.76. The summed E-state index contributed by atoms with van der Waals surface area (Å²) < 4.78 is 29.3. The molecule has 0 spiro atoms. The minimum Gasteiger partial charge on any atom is -0.329 e. The van der Waals surface area contributed by atoms with Crippen molar-refractivity contribution in [2.24, 2.45) is 0 Å². The number of carbonyl (C=O) groups is 1. The van der Waals surface area contributed by atoms with Gasteiger partial charge in [-0.05, 0) is 37.0 Å². The first-order valence-electron chi connectivity index (χ1n) is 11.1. The van der Waals surface area contributed by atoms with E-state index in [4.69, 9.17) is 0 Å². The Morgan fingerprint density at radius 1 is 1.25 bits per heavy atom. The summed E-state index contributed by atoms with van der Waals surface area (Å²) in [6.07, 6.45) is 3.48. The largest absolute Gasteiger partial charge is 0.329 e. The third-order valence-electron chi connectivity index (χ3n) is 6.91. The number of carbonyl (C=O) groups excluding carboxylic acids is 1. The van der Waals surface area contributed by atoms with Crippen molar-refractivity contribution in [3.63, 3.8) is 0 Å². The highest BCUT2D eigenvalue weighted by Gasteiger charge is 2.46. The quantitative estimate of drug-likeness (QED) is 0.743. The second-order valence-corrected chi connectivity index (χ2v) is 9.15. The maximum Gasteiger partial charge on any atom is 0.257 e. The lowest BCUT2D eigenvalue weighted by Crippen LogP contribution is -2.52. The second kappa shape index (κ2) is 8.04. The van der Waals surface area contributed by atoms with Gasteiger partial charge in [0, 0.05) is 50.9 Å². The molecule has 7 nitrogen and oxygen atoms in total. The van der Waals surface area contributed by atoms with Gasteiger partial charge in [-0.3, -0.25) is 19.4 Å². The van der Waals surface area contributed by atoms with Gasteiger partial charge < -0.3 is 10.3 Å². The zero-order chi connectivity index (χ0) is 22.5. The molecule has 0 radical (unpaired) electrons. The lowest BCUT2D eigenvalue weighted by atomic mass is 9.87. The van der Waals surface area contributed by atoms with Crippen LogP contribution in [0.1, 0.15) is 48.9 Å². The normalized spacial score (nSPS) is 24.2. The van der Waals surface area contributed by atoms with Crippen molar-refractivity contribution in [2.45, 2.75) is 63.2 Å². The third-order valence-corrected chi connectivity index (χ3v) is 6.91. The van der Waals surface area contributed by atoms with E-state index < -0.39 is 17.9 Å². The molecule has 170 valence electrons. The Kier molecular flexibility index (Phi) is 5.33. The molecular weight excluding hydrogens is 416 g/mol. The van der Waals surface area contributed by atoms with Crippen molar-refractivity contribution in [1.82, 2.24) is 19.8 Å². The lowest BCUT2D eigenvalue weighted by molar-refractivity contribution is -0.125. The average molecular weight is 443 g/mol. The molecule has 9 heteroatoms. The van der Waals surface area contributed by atoms with Crippen molar-refractivity contribution in [3.8, 4) is 0 Å². The number of aromatic nitrogens is 2. The van der Waals surface area contributed by atoms with Crippen LogP contribution in [-0.2, 0) is 17.9 Å². The SMILES string of the molecule is CC(C(=O)Nc1ccc2c(n1)CN(C1CC1)C2)N1CCC(F)(F)C(c2ccc(=O)[nH]c2)C1. The van der Waals surface area contributed by atoms with Crippen LogP contribution in [0.2, 0.25) is 0 Å². The highest BCUT2D eigenvalue weighted by molar-refractivity contribution is 5.93. The zero-order valence-electron chi connectivity index (χ0n) is 18.0. The summed E-state index contributed by atoms with van der Waals surface area (Å²) in [6.45, 7) is 3.59. The van der Waals surface area contributed by atoms with Crippen LogP contribution >= 0.6 is 0 Å². The van der Waals surface area contributed by atoms with Crippen LogP contribution in [0.25, 0.3) is 0 Å². The van der Waals surface area contributed by atoms with Crippen molar-refractivity contribution in [3.05, 3.63) is 57.6 Å². The molecule has 32 heavy (non-hydrogen) atoms. The molecule has 0 aromatic carbocycles. The number of nitrogens with zero attached hydrogens (tertiary/aromatic N) is 3. The number of amides is 1. The fourth-order valence-corrected chi connectivity index (χ4v) is 4.71. The molecule has 1 aliphatic carbocycles. The van der Waals surface area contributed by atoms with E-state index >= 15 is 0 Å². The molecule has 0 bridgehead atoms. The molecule has 1 amide bonds. The van der Waals surface area contributed by atoms with Crippen molar-refractivity contribution >= 4 is 11.7 Å². The van der Waals surface area contributed by atoms with E-state index in [1.165, 1.54) is 36.7 Å². The zero-order valence-corrected chi connectivity index (χ0v) is 18.0. The number of pyridine rings is 2. The average Bonchev–Trinajstić information content (AvgIpc) is 3.53. The van der Waals surface area contributed by atoms with Gasteiger partial charge in [-0.25, -0.2) is 13.8 Å². The number of H-pyrrole nitrogens is 1. The summed E-state index contributed by atoms with van der Waals surface area (Å²) in [6, 6.07) is 6.59. The molecular formula is C23H27F2N5O2. The van der Waals surface area contributed by atoms with E-state index in [0.29, 0.717) is 17.4 Å². The molecule has 2 aliphatic heterocycles. The summed E-state index contributed by atoms with van der Waals surface area (Å²) >= 11 is 0. The molecule has 2 unspecified atom stereocenters. The van der Waals surface area contributed by atoms with Gasteiger partial charge in [-0.15, -0.1) is 0 Å². The number of piperidine rings is 1. The molecule has 1 saturated heterocycles. The summed E-state index contributed by atoms with van der Waals surface area (Å²) in [4.78, 5) is 35.5. The van der Waals surface area contributed by atoms with E-state index in [1.54, 1.807) is 11.8 Å². The standard InChI is InChI=1S/C23H27F2N5O2/c1-14(29-9-8-23(24,25)18(12-29)15-3-7-21(31)26-10-15)22(32)28-20-6-2-16-11-30(17-4-5-17)13-19(16)27-20/h2-3,6-7,10,14,17-18H,4-5,8-9,11-13H2,1H3,(H,26,31)(H,27,28,32). The molecule has 5 rings (SSSR count). The van der Waals surface area contributed by atoms with Crippen LogP contribution < -0.4 is 10.9 Å². The van der Waals surface area contributed by atoms with Gasteiger partial charge in [-0.1, -0.05) is 12.1 Å². The van der Waals surface area contributed by atoms with Crippen molar-refractivity contribution in [1.29, 1.82) is 0 Å². The minimum absolute atomic E-state index is 0.0294. The van der Waals surface area contributed by atoms with Gasteiger partial charge in [-0.2, -0.15) is 0 Å². The Bertz CT molecular complexity index is 1060. The molecule has 1 saturated carbocycles. The number of nitrogens with one attached hydrogen (secondary N) is 2. The second-order valence-electron chi connectivity index (χ2n) is 9.15. The number of hydrogen-bond donors (Lipinski definition) is 2. The Morgan fingerprint density at radius 3 is 2.78 bits per heavy atom. The smallest absolute Gasteiger partial charge is 0.257 e. The molecule has 2 fully saturated rings. The Balaban J connectivity index is 1.25. The van der Waals surface area contributed by atoms with E-state index in [2.05, 4.69) is 20.2 Å². The van der Waals surface area contributed by atoms with Crippen LogP contribution in [0, 0.1) is 0 Å².